The number of nitrogens with one attached hydrogen (secondary N) is 3. The molecule has 1 aliphatic rings. The number of aliphatic hydroxyl groups excluding tert-OH is 1. The fraction of sp³-hybridized carbons (Fsp3) is 0.833. The van der Waals surface area contributed by atoms with Crippen molar-refractivity contribution in [2.75, 3.05) is 19.6 Å². The highest BCUT2D eigenvalue weighted by molar-refractivity contribution is 5.93. The monoisotopic (exact) mass is 370 g/mol. The summed E-state index contributed by atoms with van der Waals surface area (Å²) < 4.78 is 0. The minimum atomic E-state index is -1.12. The van der Waals surface area contributed by atoms with Crippen molar-refractivity contribution < 1.29 is 19.5 Å². The summed E-state index contributed by atoms with van der Waals surface area (Å²) in [5.74, 6) is -0.616. The number of hydrogen-bond donors (Lipinski definition) is 5. The Hall–Kier alpha value is -1.51. The van der Waals surface area contributed by atoms with Crippen molar-refractivity contribution in [1.82, 2.24) is 16.0 Å². The van der Waals surface area contributed by atoms with Crippen LogP contribution in [0.1, 0.15) is 40.5 Å². The largest absolute Gasteiger partial charge is 0.391 e. The van der Waals surface area contributed by atoms with E-state index in [1.54, 1.807) is 6.92 Å². The first-order chi connectivity index (χ1) is 12.2. The normalized spacial score (nSPS) is 23.3. The second-order valence-electron chi connectivity index (χ2n) is 7.50. The first-order valence-electron chi connectivity index (χ1n) is 9.43. The number of carbonyl (C=O) groups is 3. The topological polar surface area (TPSA) is 134 Å². The number of Topliss-reactive ketones (excluding diaryl/α,β-unsaturated/α-hetero) is 1. The zero-order chi connectivity index (χ0) is 19.9. The zero-order valence-corrected chi connectivity index (χ0v) is 16.2. The fourth-order valence-electron chi connectivity index (χ4n) is 3.34. The predicted octanol–water partition coefficient (Wildman–Crippen LogP) is -0.844. The summed E-state index contributed by atoms with van der Waals surface area (Å²) in [4.78, 5) is 36.9. The summed E-state index contributed by atoms with van der Waals surface area (Å²) in [7, 11) is 0. The summed E-state index contributed by atoms with van der Waals surface area (Å²) in [5.41, 5.74) is 5.55. The third-order valence-corrected chi connectivity index (χ3v) is 4.80. The van der Waals surface area contributed by atoms with Crippen molar-refractivity contribution >= 4 is 17.6 Å². The molecular weight excluding hydrogens is 336 g/mol. The molecule has 0 spiro atoms. The van der Waals surface area contributed by atoms with Crippen LogP contribution in [0.3, 0.4) is 0 Å². The molecule has 1 fully saturated rings. The first-order valence-corrected chi connectivity index (χ1v) is 9.43. The fourth-order valence-corrected chi connectivity index (χ4v) is 3.34. The number of carbonyl (C=O) groups excluding carboxylic acids is 3. The van der Waals surface area contributed by atoms with Crippen LogP contribution in [0.25, 0.3) is 0 Å². The Morgan fingerprint density at radius 2 is 1.85 bits per heavy atom. The standard InChI is InChI=1S/C18H34N4O4/c1-5-15(24)14(7-19)21-18(26)16(11(4)23)22-17(25)13-9-20-8-12(13)6-10(2)3/h10-14,16,20,23H,5-9,19H2,1-4H3,(H,21,26)(H,22,25)/t11-,12+,13?,14-,16-/m0/s1. The van der Waals surface area contributed by atoms with Crippen LogP contribution in [-0.4, -0.2) is 60.5 Å². The van der Waals surface area contributed by atoms with Crippen LogP contribution in [0, 0.1) is 17.8 Å². The first kappa shape index (κ1) is 22.5. The maximum atomic E-state index is 12.7. The minimum Gasteiger partial charge on any atom is -0.391 e. The molecule has 1 saturated heterocycles. The molecule has 26 heavy (non-hydrogen) atoms. The van der Waals surface area contributed by atoms with E-state index in [4.69, 9.17) is 5.73 Å². The summed E-state index contributed by atoms with van der Waals surface area (Å²) >= 11 is 0. The van der Waals surface area contributed by atoms with Crippen molar-refractivity contribution in [3.8, 4) is 0 Å². The lowest BCUT2D eigenvalue weighted by Gasteiger charge is -2.26. The molecule has 5 atom stereocenters. The zero-order valence-electron chi connectivity index (χ0n) is 16.2. The van der Waals surface area contributed by atoms with Gasteiger partial charge in [0.25, 0.3) is 0 Å². The molecular formula is C18H34N4O4. The maximum Gasteiger partial charge on any atom is 0.245 e. The molecule has 150 valence electrons. The molecule has 1 aliphatic heterocycles. The lowest BCUT2D eigenvalue weighted by molar-refractivity contribution is -0.135. The summed E-state index contributed by atoms with van der Waals surface area (Å²) in [6.07, 6.45) is 0.0713. The van der Waals surface area contributed by atoms with E-state index in [1.807, 2.05) is 0 Å². The van der Waals surface area contributed by atoms with Crippen LogP contribution >= 0.6 is 0 Å². The molecule has 0 aromatic rings. The van der Waals surface area contributed by atoms with Gasteiger partial charge in [-0.15, -0.1) is 0 Å². The van der Waals surface area contributed by atoms with Crippen molar-refractivity contribution in [3.05, 3.63) is 0 Å². The molecule has 2 amide bonds. The Labute approximate surface area is 155 Å². The molecule has 0 radical (unpaired) electrons. The van der Waals surface area contributed by atoms with E-state index >= 15 is 0 Å². The van der Waals surface area contributed by atoms with E-state index in [1.165, 1.54) is 6.92 Å². The summed E-state index contributed by atoms with van der Waals surface area (Å²) in [6.45, 7) is 8.63. The molecule has 0 aliphatic carbocycles. The van der Waals surface area contributed by atoms with E-state index in [2.05, 4.69) is 29.8 Å². The lowest BCUT2D eigenvalue weighted by atomic mass is 9.87. The quantitative estimate of drug-likeness (QED) is 0.340. The van der Waals surface area contributed by atoms with Gasteiger partial charge in [0.15, 0.2) is 5.78 Å². The van der Waals surface area contributed by atoms with Crippen LogP contribution in [0.2, 0.25) is 0 Å². The van der Waals surface area contributed by atoms with E-state index < -0.39 is 24.1 Å². The second-order valence-corrected chi connectivity index (χ2v) is 7.50. The number of rotatable bonds is 10. The third kappa shape index (κ3) is 6.34. The van der Waals surface area contributed by atoms with Gasteiger partial charge in [0.2, 0.25) is 11.8 Å². The van der Waals surface area contributed by atoms with E-state index in [9.17, 15) is 19.5 Å². The number of ketones is 1. The lowest BCUT2D eigenvalue weighted by Crippen LogP contribution is -2.58. The molecule has 6 N–H and O–H groups in total. The molecule has 1 heterocycles. The smallest absolute Gasteiger partial charge is 0.245 e. The number of hydrogen-bond acceptors (Lipinski definition) is 6. The van der Waals surface area contributed by atoms with Gasteiger partial charge in [-0.25, -0.2) is 0 Å². The van der Waals surface area contributed by atoms with Crippen molar-refractivity contribution in [1.29, 1.82) is 0 Å². The Bertz CT molecular complexity index is 496. The minimum absolute atomic E-state index is 0.0259. The summed E-state index contributed by atoms with van der Waals surface area (Å²) in [5, 5.41) is 18.4. The van der Waals surface area contributed by atoms with Gasteiger partial charge in [0.1, 0.15) is 6.04 Å². The van der Waals surface area contributed by atoms with Crippen LogP contribution < -0.4 is 21.7 Å². The van der Waals surface area contributed by atoms with E-state index in [-0.39, 0.29) is 36.5 Å². The number of nitrogens with two attached hydrogens (primary N) is 1. The molecule has 1 rings (SSSR count). The van der Waals surface area contributed by atoms with Gasteiger partial charge < -0.3 is 26.8 Å². The van der Waals surface area contributed by atoms with Gasteiger partial charge in [0, 0.05) is 19.5 Å². The average molecular weight is 370 g/mol. The Morgan fingerprint density at radius 1 is 1.19 bits per heavy atom. The van der Waals surface area contributed by atoms with Gasteiger partial charge in [-0.2, -0.15) is 0 Å². The van der Waals surface area contributed by atoms with Crippen LogP contribution in [0.5, 0.6) is 0 Å². The second kappa shape index (κ2) is 10.6. The predicted molar refractivity (Wildman–Crippen MR) is 99.2 cm³/mol. The van der Waals surface area contributed by atoms with E-state index in [0.717, 1.165) is 13.0 Å². The third-order valence-electron chi connectivity index (χ3n) is 4.80. The van der Waals surface area contributed by atoms with E-state index in [0.29, 0.717) is 12.5 Å². The number of aliphatic hydroxyl groups is 1. The highest BCUT2D eigenvalue weighted by Gasteiger charge is 2.36. The number of amides is 2. The highest BCUT2D eigenvalue weighted by Crippen LogP contribution is 2.24. The van der Waals surface area contributed by atoms with Crippen LogP contribution in [0.15, 0.2) is 0 Å². The molecule has 1 unspecified atom stereocenters. The van der Waals surface area contributed by atoms with Gasteiger partial charge in [-0.3, -0.25) is 14.4 Å². The van der Waals surface area contributed by atoms with Gasteiger partial charge in [-0.1, -0.05) is 20.8 Å². The molecule has 0 bridgehead atoms. The van der Waals surface area contributed by atoms with Crippen molar-refractivity contribution in [2.45, 2.75) is 58.7 Å². The Morgan fingerprint density at radius 3 is 2.35 bits per heavy atom. The Kier molecular flexibility index (Phi) is 9.18. The molecule has 0 aromatic carbocycles. The van der Waals surface area contributed by atoms with Crippen molar-refractivity contribution in [2.24, 2.45) is 23.5 Å². The average Bonchev–Trinajstić information content (AvgIpc) is 3.03. The van der Waals surface area contributed by atoms with Crippen LogP contribution in [0.4, 0.5) is 0 Å². The van der Waals surface area contributed by atoms with Crippen molar-refractivity contribution in [3.63, 3.8) is 0 Å². The molecule has 0 aromatic heterocycles. The molecule has 8 nitrogen and oxygen atoms in total. The SMILES string of the molecule is CCC(=O)[C@H](CN)NC(=O)[C@@H](NC(=O)C1CNC[C@H]1CC(C)C)[C@H](C)O. The van der Waals surface area contributed by atoms with Gasteiger partial charge in [-0.05, 0) is 31.7 Å². The Balaban J connectivity index is 2.76. The summed E-state index contributed by atoms with van der Waals surface area (Å²) in [6, 6.07) is -1.94. The highest BCUT2D eigenvalue weighted by atomic mass is 16.3. The molecule has 0 saturated carbocycles. The van der Waals surface area contributed by atoms with Crippen LogP contribution in [-0.2, 0) is 14.4 Å². The maximum absolute atomic E-state index is 12.7. The van der Waals surface area contributed by atoms with Gasteiger partial charge in [0.05, 0.1) is 18.1 Å². The molecule has 8 heteroatoms. The van der Waals surface area contributed by atoms with Gasteiger partial charge >= 0.3 is 0 Å².